The second kappa shape index (κ2) is 6.19. The van der Waals surface area contributed by atoms with Gasteiger partial charge in [-0.15, -0.1) is 0 Å². The summed E-state index contributed by atoms with van der Waals surface area (Å²) >= 11 is 0. The second-order valence-corrected chi connectivity index (χ2v) is 5.41. The first kappa shape index (κ1) is 14.7. The fourth-order valence-corrected chi connectivity index (χ4v) is 2.76. The van der Waals surface area contributed by atoms with Gasteiger partial charge in [0, 0.05) is 25.7 Å². The maximum absolute atomic E-state index is 11.2. The quantitative estimate of drug-likeness (QED) is 0.670. The molecular weight excluding hydrogens is 258 g/mol. The first-order valence-corrected chi connectivity index (χ1v) is 6.82. The van der Waals surface area contributed by atoms with Gasteiger partial charge in [-0.1, -0.05) is 6.07 Å². The van der Waals surface area contributed by atoms with Gasteiger partial charge >= 0.3 is 0 Å². The molecule has 1 saturated heterocycles. The van der Waals surface area contributed by atoms with E-state index < -0.39 is 0 Å². The molecule has 1 aliphatic rings. The molecule has 1 aromatic carbocycles. The molecule has 0 saturated carbocycles. The van der Waals surface area contributed by atoms with Crippen LogP contribution in [0.1, 0.15) is 18.4 Å². The van der Waals surface area contributed by atoms with Gasteiger partial charge in [0.25, 0.3) is 5.69 Å². The van der Waals surface area contributed by atoms with E-state index in [4.69, 9.17) is 5.11 Å². The van der Waals surface area contributed by atoms with E-state index in [9.17, 15) is 10.1 Å². The number of rotatable bonds is 4. The first-order chi connectivity index (χ1) is 9.52. The van der Waals surface area contributed by atoms with Crippen LogP contribution in [0.25, 0.3) is 0 Å². The third-order valence-corrected chi connectivity index (χ3v) is 3.95. The smallest absolute Gasteiger partial charge is 0.292 e. The van der Waals surface area contributed by atoms with Crippen LogP contribution in [0.3, 0.4) is 0 Å². The Hall–Kier alpha value is -1.66. The predicted octanol–water partition coefficient (Wildman–Crippen LogP) is 1.62. The van der Waals surface area contributed by atoms with Gasteiger partial charge in [-0.3, -0.25) is 10.1 Å². The molecule has 1 aromatic rings. The zero-order valence-corrected chi connectivity index (χ0v) is 12.0. The minimum atomic E-state index is -0.377. The highest BCUT2D eigenvalue weighted by Crippen LogP contribution is 2.31. The van der Waals surface area contributed by atoms with Crippen LogP contribution in [0.15, 0.2) is 18.2 Å². The van der Waals surface area contributed by atoms with Gasteiger partial charge < -0.3 is 14.9 Å². The molecule has 1 fully saturated rings. The molecule has 0 bridgehead atoms. The molecule has 20 heavy (non-hydrogen) atoms. The number of hydrogen-bond donors (Lipinski definition) is 1. The minimum Gasteiger partial charge on any atom is -0.392 e. The zero-order chi connectivity index (χ0) is 14.7. The molecule has 0 spiro atoms. The van der Waals surface area contributed by atoms with E-state index in [1.165, 1.54) is 6.07 Å². The molecule has 1 aliphatic heterocycles. The van der Waals surface area contributed by atoms with E-state index >= 15 is 0 Å². The Morgan fingerprint density at radius 2 is 2.30 bits per heavy atom. The van der Waals surface area contributed by atoms with Crippen LogP contribution in [0.4, 0.5) is 11.4 Å². The third-order valence-electron chi connectivity index (χ3n) is 3.95. The molecule has 110 valence electrons. The normalized spacial score (nSPS) is 19.9. The molecule has 6 heteroatoms. The molecule has 0 aliphatic carbocycles. The van der Waals surface area contributed by atoms with Crippen molar-refractivity contribution in [3.05, 3.63) is 33.9 Å². The molecule has 1 N–H and O–H groups in total. The maximum atomic E-state index is 11.2. The summed E-state index contributed by atoms with van der Waals surface area (Å²) in [5.74, 6) is 0. The zero-order valence-electron chi connectivity index (χ0n) is 12.0. The summed E-state index contributed by atoms with van der Waals surface area (Å²) < 4.78 is 0. The summed E-state index contributed by atoms with van der Waals surface area (Å²) in [6.45, 7) is 1.81. The van der Waals surface area contributed by atoms with Crippen molar-refractivity contribution >= 4 is 11.4 Å². The van der Waals surface area contributed by atoms with E-state index in [0.717, 1.165) is 25.9 Å². The average molecular weight is 279 g/mol. The van der Waals surface area contributed by atoms with Crippen LogP contribution in [0, 0.1) is 10.1 Å². The average Bonchev–Trinajstić information content (AvgIpc) is 2.45. The van der Waals surface area contributed by atoms with Crippen LogP contribution < -0.4 is 4.90 Å². The van der Waals surface area contributed by atoms with Crippen LogP contribution >= 0.6 is 0 Å². The standard InChI is InChI=1S/C14H21N3O3/c1-15-7-3-4-12(9-15)16(2)13-6-5-11(10-18)8-14(13)17(19)20/h5-6,8,12,18H,3-4,7,9-10H2,1-2H3. The molecule has 1 heterocycles. The van der Waals surface area contributed by atoms with Gasteiger partial charge in [0.15, 0.2) is 0 Å². The van der Waals surface area contributed by atoms with Crippen molar-refractivity contribution < 1.29 is 10.0 Å². The summed E-state index contributed by atoms with van der Waals surface area (Å²) in [6, 6.07) is 5.22. The van der Waals surface area contributed by atoms with Crippen LogP contribution in [-0.2, 0) is 6.61 Å². The molecule has 0 radical (unpaired) electrons. The van der Waals surface area contributed by atoms with E-state index in [0.29, 0.717) is 11.3 Å². The number of hydrogen-bond acceptors (Lipinski definition) is 5. The number of likely N-dealkylation sites (N-methyl/N-ethyl adjacent to an activating group) is 2. The monoisotopic (exact) mass is 279 g/mol. The molecule has 0 amide bonds. The first-order valence-electron chi connectivity index (χ1n) is 6.82. The summed E-state index contributed by atoms with van der Waals surface area (Å²) in [5.41, 5.74) is 1.24. The van der Waals surface area contributed by atoms with Crippen molar-refractivity contribution in [1.29, 1.82) is 0 Å². The topological polar surface area (TPSA) is 69.8 Å². The third kappa shape index (κ3) is 3.08. The Kier molecular flexibility index (Phi) is 4.57. The largest absolute Gasteiger partial charge is 0.392 e. The Bertz CT molecular complexity index is 493. The lowest BCUT2D eigenvalue weighted by Gasteiger charge is -2.36. The van der Waals surface area contributed by atoms with Crippen molar-refractivity contribution in [2.75, 3.05) is 32.1 Å². The molecule has 6 nitrogen and oxygen atoms in total. The number of piperidine rings is 1. The number of aliphatic hydroxyl groups excluding tert-OH is 1. The molecule has 2 rings (SSSR count). The summed E-state index contributed by atoms with van der Waals surface area (Å²) in [6.07, 6.45) is 2.15. The van der Waals surface area contributed by atoms with E-state index in [-0.39, 0.29) is 23.3 Å². The molecule has 1 unspecified atom stereocenters. The van der Waals surface area contributed by atoms with Gasteiger partial charge in [0.05, 0.1) is 11.5 Å². The van der Waals surface area contributed by atoms with Crippen LogP contribution in [0.2, 0.25) is 0 Å². The van der Waals surface area contributed by atoms with E-state index in [2.05, 4.69) is 11.9 Å². The fourth-order valence-electron chi connectivity index (χ4n) is 2.76. The van der Waals surface area contributed by atoms with Crippen molar-refractivity contribution in [2.24, 2.45) is 0 Å². The Balaban J connectivity index is 2.28. The highest BCUT2D eigenvalue weighted by Gasteiger charge is 2.26. The van der Waals surface area contributed by atoms with Gasteiger partial charge in [-0.2, -0.15) is 0 Å². The van der Waals surface area contributed by atoms with Crippen molar-refractivity contribution in [3.8, 4) is 0 Å². The van der Waals surface area contributed by atoms with Crippen LogP contribution in [0.5, 0.6) is 0 Å². The number of aliphatic hydroxyl groups is 1. The molecular formula is C14H21N3O3. The number of nitrogens with zero attached hydrogens (tertiary/aromatic N) is 3. The lowest BCUT2D eigenvalue weighted by atomic mass is 10.0. The Labute approximate surface area is 118 Å². The van der Waals surface area contributed by atoms with Gasteiger partial charge in [0.1, 0.15) is 5.69 Å². The fraction of sp³-hybridized carbons (Fsp3) is 0.571. The van der Waals surface area contributed by atoms with Crippen molar-refractivity contribution in [3.63, 3.8) is 0 Å². The van der Waals surface area contributed by atoms with E-state index in [1.54, 1.807) is 12.1 Å². The lowest BCUT2D eigenvalue weighted by Crippen LogP contribution is -2.45. The van der Waals surface area contributed by atoms with Gasteiger partial charge in [0.2, 0.25) is 0 Å². The van der Waals surface area contributed by atoms with Gasteiger partial charge in [-0.25, -0.2) is 0 Å². The summed E-state index contributed by atoms with van der Waals surface area (Å²) in [4.78, 5) is 15.1. The second-order valence-electron chi connectivity index (χ2n) is 5.41. The predicted molar refractivity (Wildman–Crippen MR) is 77.9 cm³/mol. The SMILES string of the molecule is CN1CCCC(N(C)c2ccc(CO)cc2[N+](=O)[O-])C1. The summed E-state index contributed by atoms with van der Waals surface area (Å²) in [5, 5.41) is 20.3. The maximum Gasteiger partial charge on any atom is 0.292 e. The van der Waals surface area contributed by atoms with Crippen molar-refractivity contribution in [1.82, 2.24) is 4.90 Å². The highest BCUT2D eigenvalue weighted by molar-refractivity contribution is 5.64. The van der Waals surface area contributed by atoms with E-state index in [1.807, 2.05) is 11.9 Å². The highest BCUT2D eigenvalue weighted by atomic mass is 16.6. The number of nitro benzene ring substituents is 1. The number of nitro groups is 1. The minimum absolute atomic E-state index is 0.0623. The lowest BCUT2D eigenvalue weighted by molar-refractivity contribution is -0.384. The molecule has 1 atom stereocenters. The Morgan fingerprint density at radius 3 is 2.90 bits per heavy atom. The van der Waals surface area contributed by atoms with Crippen molar-refractivity contribution in [2.45, 2.75) is 25.5 Å². The summed E-state index contributed by atoms with van der Waals surface area (Å²) in [7, 11) is 3.98. The molecule has 0 aromatic heterocycles. The number of anilines is 1. The van der Waals surface area contributed by atoms with Gasteiger partial charge in [-0.05, 0) is 38.1 Å². The number of likely N-dealkylation sites (tertiary alicyclic amines) is 1. The van der Waals surface area contributed by atoms with Crippen LogP contribution in [-0.4, -0.2) is 48.2 Å². The Morgan fingerprint density at radius 1 is 1.55 bits per heavy atom. The number of benzene rings is 1.